The van der Waals surface area contributed by atoms with Crippen molar-refractivity contribution < 1.29 is 14.3 Å². The molecule has 0 saturated carbocycles. The molecule has 30 heavy (non-hydrogen) atoms. The molecule has 0 aliphatic carbocycles. The van der Waals surface area contributed by atoms with Gasteiger partial charge in [-0.1, -0.05) is 30.3 Å². The number of benzene rings is 2. The Kier molecular flexibility index (Phi) is 5.66. The van der Waals surface area contributed by atoms with Crippen LogP contribution in [0.4, 0.5) is 0 Å². The maximum atomic E-state index is 12.6. The molecule has 0 spiro atoms. The smallest absolute Gasteiger partial charge is 0.251 e. The number of ether oxygens (including phenoxy) is 2. The number of hydrogen-bond donors (Lipinski definition) is 1. The molecule has 2 aromatic heterocycles. The van der Waals surface area contributed by atoms with Crippen molar-refractivity contribution in [2.75, 3.05) is 7.11 Å². The van der Waals surface area contributed by atoms with E-state index in [4.69, 9.17) is 9.47 Å². The second kappa shape index (κ2) is 8.69. The van der Waals surface area contributed by atoms with Gasteiger partial charge in [0.15, 0.2) is 0 Å². The third kappa shape index (κ3) is 4.27. The summed E-state index contributed by atoms with van der Waals surface area (Å²) in [5.74, 6) is 1.20. The molecule has 0 unspecified atom stereocenters. The third-order valence-corrected chi connectivity index (χ3v) is 4.84. The van der Waals surface area contributed by atoms with E-state index in [-0.39, 0.29) is 5.91 Å². The quantitative estimate of drug-likeness (QED) is 0.505. The van der Waals surface area contributed by atoms with Crippen molar-refractivity contribution in [2.24, 2.45) is 0 Å². The lowest BCUT2D eigenvalue weighted by molar-refractivity contribution is 0.0950. The summed E-state index contributed by atoms with van der Waals surface area (Å²) < 4.78 is 13.2. The lowest BCUT2D eigenvalue weighted by Crippen LogP contribution is -2.23. The molecular weight excluding hydrogens is 378 g/mol. The van der Waals surface area contributed by atoms with E-state index >= 15 is 0 Å². The zero-order valence-electron chi connectivity index (χ0n) is 17.0. The number of carbonyl (C=O) groups excluding carboxylic acids is 1. The Balaban J connectivity index is 1.40. The summed E-state index contributed by atoms with van der Waals surface area (Å²) in [4.78, 5) is 17.2. The van der Waals surface area contributed by atoms with Crippen molar-refractivity contribution in [1.82, 2.24) is 14.7 Å². The molecule has 152 valence electrons. The zero-order chi connectivity index (χ0) is 20.9. The minimum atomic E-state index is -0.172. The van der Waals surface area contributed by atoms with Crippen molar-refractivity contribution in [3.63, 3.8) is 0 Å². The minimum absolute atomic E-state index is 0.172. The standard InChI is InChI=1S/C24H23N3O3/c1-17-7-6-12-27-15-20(26-23(17)27)16-30-21-10-5-9-18(13-21)24(28)25-14-19-8-3-4-11-22(19)29-2/h3-13,15H,14,16H2,1-2H3,(H,25,28). The first kappa shape index (κ1) is 19.5. The molecule has 0 aliphatic heterocycles. The number of rotatable bonds is 7. The highest BCUT2D eigenvalue weighted by Crippen LogP contribution is 2.19. The van der Waals surface area contributed by atoms with E-state index in [2.05, 4.69) is 10.3 Å². The van der Waals surface area contributed by atoms with Crippen LogP contribution in [0, 0.1) is 6.92 Å². The third-order valence-electron chi connectivity index (χ3n) is 4.84. The van der Waals surface area contributed by atoms with E-state index in [1.165, 1.54) is 0 Å². The number of para-hydroxylation sites is 1. The number of fused-ring (bicyclic) bond motifs is 1. The molecule has 0 aliphatic rings. The van der Waals surface area contributed by atoms with Gasteiger partial charge in [-0.25, -0.2) is 4.98 Å². The molecule has 4 rings (SSSR count). The summed E-state index contributed by atoms with van der Waals surface area (Å²) in [6.45, 7) is 2.74. The summed E-state index contributed by atoms with van der Waals surface area (Å²) in [5.41, 5.74) is 4.31. The van der Waals surface area contributed by atoms with Gasteiger partial charge in [-0.15, -0.1) is 0 Å². The number of amides is 1. The predicted octanol–water partition coefficient (Wildman–Crippen LogP) is 4.16. The molecular formula is C24H23N3O3. The van der Waals surface area contributed by atoms with Crippen LogP contribution in [-0.4, -0.2) is 22.4 Å². The maximum Gasteiger partial charge on any atom is 0.251 e. The summed E-state index contributed by atoms with van der Waals surface area (Å²) in [7, 11) is 1.62. The van der Waals surface area contributed by atoms with Crippen LogP contribution in [-0.2, 0) is 13.2 Å². The highest BCUT2D eigenvalue weighted by molar-refractivity contribution is 5.94. The average molecular weight is 401 g/mol. The Morgan fingerprint density at radius 3 is 2.80 bits per heavy atom. The molecule has 1 amide bonds. The Bertz CT molecular complexity index is 1180. The van der Waals surface area contributed by atoms with Crippen LogP contribution in [0.1, 0.15) is 27.2 Å². The largest absolute Gasteiger partial charge is 0.496 e. The van der Waals surface area contributed by atoms with Gasteiger partial charge in [-0.3, -0.25) is 4.79 Å². The second-order valence-electron chi connectivity index (χ2n) is 6.97. The second-order valence-corrected chi connectivity index (χ2v) is 6.97. The molecule has 4 aromatic rings. The first-order valence-electron chi connectivity index (χ1n) is 9.70. The molecule has 6 heteroatoms. The fourth-order valence-electron chi connectivity index (χ4n) is 3.28. The number of aromatic nitrogens is 2. The van der Waals surface area contributed by atoms with Crippen molar-refractivity contribution in [3.8, 4) is 11.5 Å². The fourth-order valence-corrected chi connectivity index (χ4v) is 3.28. The molecule has 1 N–H and O–H groups in total. The number of methoxy groups -OCH3 is 1. The normalized spacial score (nSPS) is 10.7. The van der Waals surface area contributed by atoms with E-state index in [9.17, 15) is 4.79 Å². The molecule has 6 nitrogen and oxygen atoms in total. The number of pyridine rings is 1. The average Bonchev–Trinajstić information content (AvgIpc) is 3.21. The van der Waals surface area contributed by atoms with Gasteiger partial charge in [-0.2, -0.15) is 0 Å². The number of aryl methyl sites for hydroxylation is 1. The van der Waals surface area contributed by atoms with E-state index in [0.717, 1.165) is 28.2 Å². The van der Waals surface area contributed by atoms with Gasteiger partial charge < -0.3 is 19.2 Å². The topological polar surface area (TPSA) is 64.9 Å². The molecule has 0 radical (unpaired) electrons. The number of nitrogens with one attached hydrogen (secondary N) is 1. The maximum absolute atomic E-state index is 12.6. The van der Waals surface area contributed by atoms with Crippen LogP contribution in [0.15, 0.2) is 73.1 Å². The van der Waals surface area contributed by atoms with Gasteiger partial charge in [0.2, 0.25) is 0 Å². The van der Waals surface area contributed by atoms with Crippen LogP contribution in [0.3, 0.4) is 0 Å². The summed E-state index contributed by atoms with van der Waals surface area (Å²) in [6, 6.07) is 18.8. The first-order valence-corrected chi connectivity index (χ1v) is 9.70. The minimum Gasteiger partial charge on any atom is -0.496 e. The van der Waals surface area contributed by atoms with Crippen LogP contribution in [0.2, 0.25) is 0 Å². The van der Waals surface area contributed by atoms with Crippen LogP contribution in [0.25, 0.3) is 5.65 Å². The van der Waals surface area contributed by atoms with E-state index in [1.807, 2.05) is 66.2 Å². The van der Waals surface area contributed by atoms with Crippen molar-refractivity contribution in [2.45, 2.75) is 20.1 Å². The summed E-state index contributed by atoms with van der Waals surface area (Å²) in [5, 5.41) is 2.92. The molecule has 0 saturated heterocycles. The molecule has 0 fully saturated rings. The Morgan fingerprint density at radius 1 is 1.10 bits per heavy atom. The van der Waals surface area contributed by atoms with Crippen LogP contribution in [0.5, 0.6) is 11.5 Å². The van der Waals surface area contributed by atoms with Crippen molar-refractivity contribution in [3.05, 3.63) is 95.4 Å². The van der Waals surface area contributed by atoms with E-state index < -0.39 is 0 Å². The molecule has 0 bridgehead atoms. The number of imidazole rings is 1. The van der Waals surface area contributed by atoms with Crippen molar-refractivity contribution >= 4 is 11.6 Å². The fraction of sp³-hybridized carbons (Fsp3) is 0.167. The van der Waals surface area contributed by atoms with Gasteiger partial charge >= 0.3 is 0 Å². The van der Waals surface area contributed by atoms with E-state index in [1.54, 1.807) is 25.3 Å². The lowest BCUT2D eigenvalue weighted by atomic mass is 10.1. The Morgan fingerprint density at radius 2 is 1.97 bits per heavy atom. The monoisotopic (exact) mass is 401 g/mol. The summed E-state index contributed by atoms with van der Waals surface area (Å²) in [6.07, 6.45) is 3.91. The van der Waals surface area contributed by atoms with Gasteiger partial charge in [-0.05, 0) is 42.8 Å². The number of hydrogen-bond acceptors (Lipinski definition) is 4. The van der Waals surface area contributed by atoms with Gasteiger partial charge in [0.25, 0.3) is 5.91 Å². The summed E-state index contributed by atoms with van der Waals surface area (Å²) >= 11 is 0. The predicted molar refractivity (Wildman–Crippen MR) is 115 cm³/mol. The molecule has 0 atom stereocenters. The highest BCUT2D eigenvalue weighted by Gasteiger charge is 2.10. The van der Waals surface area contributed by atoms with Crippen LogP contribution >= 0.6 is 0 Å². The Labute approximate surface area is 175 Å². The zero-order valence-corrected chi connectivity index (χ0v) is 17.0. The van der Waals surface area contributed by atoms with Gasteiger partial charge in [0.1, 0.15) is 23.8 Å². The SMILES string of the molecule is COc1ccccc1CNC(=O)c1cccc(OCc2cn3cccc(C)c3n2)c1. The molecule has 2 heterocycles. The highest BCUT2D eigenvalue weighted by atomic mass is 16.5. The molecule has 2 aromatic carbocycles. The van der Waals surface area contributed by atoms with Crippen molar-refractivity contribution in [1.29, 1.82) is 0 Å². The number of nitrogens with zero attached hydrogens (tertiary/aromatic N) is 2. The first-order chi connectivity index (χ1) is 14.6. The van der Waals surface area contributed by atoms with E-state index in [0.29, 0.717) is 24.5 Å². The van der Waals surface area contributed by atoms with Gasteiger partial charge in [0, 0.05) is 30.1 Å². The lowest BCUT2D eigenvalue weighted by Gasteiger charge is -2.10. The Hall–Kier alpha value is -3.80. The van der Waals surface area contributed by atoms with Crippen LogP contribution < -0.4 is 14.8 Å². The van der Waals surface area contributed by atoms with Gasteiger partial charge in [0.05, 0.1) is 12.8 Å². The number of carbonyl (C=O) groups is 1.